The van der Waals surface area contributed by atoms with Gasteiger partial charge >= 0.3 is 0 Å². The second-order valence-corrected chi connectivity index (χ2v) is 5.09. The van der Waals surface area contributed by atoms with Gasteiger partial charge in [0, 0.05) is 29.6 Å². The molecule has 2 aromatic rings. The summed E-state index contributed by atoms with van der Waals surface area (Å²) in [5, 5.41) is 4.43. The molecule has 0 fully saturated rings. The fraction of sp³-hybridized carbons (Fsp3) is 0.500. The normalized spacial score (nSPS) is 12.9. The van der Waals surface area contributed by atoms with Gasteiger partial charge in [-0.05, 0) is 26.8 Å². The van der Waals surface area contributed by atoms with Gasteiger partial charge in [0.15, 0.2) is 0 Å². The Kier molecular flexibility index (Phi) is 3.59. The third-order valence-corrected chi connectivity index (χ3v) is 3.90. The predicted molar refractivity (Wildman–Crippen MR) is 70.1 cm³/mol. The third kappa shape index (κ3) is 2.56. The Balaban J connectivity index is 2.18. The number of nitrogens with zero attached hydrogens (tertiary/aromatic N) is 3. The van der Waals surface area contributed by atoms with E-state index in [9.17, 15) is 0 Å². The van der Waals surface area contributed by atoms with Crippen LogP contribution in [0.5, 0.6) is 0 Å². The molecule has 4 nitrogen and oxygen atoms in total. The molecule has 0 bridgehead atoms. The Morgan fingerprint density at radius 1 is 1.47 bits per heavy atom. The van der Waals surface area contributed by atoms with Gasteiger partial charge in [-0.1, -0.05) is 0 Å². The van der Waals surface area contributed by atoms with Crippen molar-refractivity contribution in [2.24, 2.45) is 5.73 Å². The molecule has 5 heteroatoms. The zero-order valence-electron chi connectivity index (χ0n) is 10.5. The summed E-state index contributed by atoms with van der Waals surface area (Å²) >= 11 is 1.63. The maximum Gasteiger partial charge on any atom is 0.0798 e. The molecule has 2 aromatic heterocycles. The van der Waals surface area contributed by atoms with E-state index in [-0.39, 0.29) is 6.04 Å². The molecule has 0 aliphatic rings. The van der Waals surface area contributed by atoms with E-state index >= 15 is 0 Å². The van der Waals surface area contributed by atoms with E-state index in [1.807, 2.05) is 24.0 Å². The number of aryl methyl sites for hydroxylation is 3. The highest BCUT2D eigenvalue weighted by atomic mass is 32.1. The lowest BCUT2D eigenvalue weighted by atomic mass is 10.1. The lowest BCUT2D eigenvalue weighted by molar-refractivity contribution is 0.589. The number of aromatic nitrogens is 3. The Bertz CT molecular complexity index is 500. The van der Waals surface area contributed by atoms with Gasteiger partial charge in [-0.15, -0.1) is 11.3 Å². The molecule has 92 valence electrons. The first kappa shape index (κ1) is 12.3. The van der Waals surface area contributed by atoms with E-state index in [1.54, 1.807) is 11.3 Å². The molecule has 1 atom stereocenters. The maximum absolute atomic E-state index is 6.23. The summed E-state index contributed by atoms with van der Waals surface area (Å²) in [5.74, 6) is 0. The minimum Gasteiger partial charge on any atom is -0.323 e. The van der Waals surface area contributed by atoms with Crippen molar-refractivity contribution in [3.8, 4) is 0 Å². The van der Waals surface area contributed by atoms with E-state index in [0.29, 0.717) is 0 Å². The largest absolute Gasteiger partial charge is 0.323 e. The van der Waals surface area contributed by atoms with Crippen molar-refractivity contribution in [3.05, 3.63) is 33.5 Å². The van der Waals surface area contributed by atoms with Crippen LogP contribution in [0.2, 0.25) is 0 Å². The molecule has 0 aliphatic heterocycles. The van der Waals surface area contributed by atoms with Crippen LogP contribution in [0.4, 0.5) is 0 Å². The van der Waals surface area contributed by atoms with Crippen LogP contribution >= 0.6 is 11.3 Å². The van der Waals surface area contributed by atoms with E-state index in [0.717, 1.165) is 24.4 Å². The highest BCUT2D eigenvalue weighted by molar-refractivity contribution is 7.09. The topological polar surface area (TPSA) is 56.7 Å². The van der Waals surface area contributed by atoms with Gasteiger partial charge in [-0.2, -0.15) is 5.10 Å². The van der Waals surface area contributed by atoms with Crippen molar-refractivity contribution in [3.63, 3.8) is 0 Å². The van der Waals surface area contributed by atoms with Crippen LogP contribution in [-0.2, 0) is 13.0 Å². The molecule has 0 aromatic carbocycles. The van der Waals surface area contributed by atoms with Gasteiger partial charge in [0.05, 0.1) is 16.9 Å². The van der Waals surface area contributed by atoms with Crippen molar-refractivity contribution in [1.82, 2.24) is 14.8 Å². The smallest absolute Gasteiger partial charge is 0.0798 e. The van der Waals surface area contributed by atoms with Crippen LogP contribution in [0.15, 0.2) is 11.6 Å². The van der Waals surface area contributed by atoms with Gasteiger partial charge in [-0.25, -0.2) is 4.98 Å². The molecule has 0 saturated heterocycles. The summed E-state index contributed by atoms with van der Waals surface area (Å²) in [6.07, 6.45) is 0.817. The van der Waals surface area contributed by atoms with Gasteiger partial charge < -0.3 is 5.73 Å². The van der Waals surface area contributed by atoms with E-state index < -0.39 is 0 Å². The third-order valence-electron chi connectivity index (χ3n) is 2.83. The molecule has 17 heavy (non-hydrogen) atoms. The molecular formula is C12H18N4S. The Morgan fingerprint density at radius 2 is 2.24 bits per heavy atom. The van der Waals surface area contributed by atoms with Crippen LogP contribution < -0.4 is 5.73 Å². The molecule has 0 aliphatic carbocycles. The first-order valence-electron chi connectivity index (χ1n) is 5.80. The lowest BCUT2D eigenvalue weighted by Gasteiger charge is -2.11. The summed E-state index contributed by atoms with van der Waals surface area (Å²) in [7, 11) is 0. The van der Waals surface area contributed by atoms with Crippen molar-refractivity contribution in [1.29, 1.82) is 0 Å². The van der Waals surface area contributed by atoms with E-state index in [1.165, 1.54) is 10.6 Å². The summed E-state index contributed by atoms with van der Waals surface area (Å²) in [6.45, 7) is 7.00. The number of hydrogen-bond acceptors (Lipinski definition) is 4. The molecule has 0 amide bonds. The molecule has 0 spiro atoms. The first-order chi connectivity index (χ1) is 8.11. The summed E-state index contributed by atoms with van der Waals surface area (Å²) in [4.78, 5) is 5.42. The van der Waals surface area contributed by atoms with Crippen LogP contribution in [0.25, 0.3) is 0 Å². The summed E-state index contributed by atoms with van der Waals surface area (Å²) in [5.41, 5.74) is 11.4. The molecule has 1 unspecified atom stereocenters. The van der Waals surface area contributed by atoms with Crippen LogP contribution in [0.1, 0.15) is 34.9 Å². The standard InChI is InChI=1S/C12H18N4S/c1-4-16-10(5-8(2)15-16)6-11(13)12-9(3)14-7-17-12/h5,7,11H,4,6,13H2,1-3H3. The SMILES string of the molecule is CCn1nc(C)cc1CC(N)c1scnc1C. The molecule has 2 rings (SSSR count). The molecule has 0 saturated carbocycles. The molecule has 2 heterocycles. The van der Waals surface area contributed by atoms with Gasteiger partial charge in [0.2, 0.25) is 0 Å². The van der Waals surface area contributed by atoms with Gasteiger partial charge in [-0.3, -0.25) is 4.68 Å². The van der Waals surface area contributed by atoms with Crippen molar-refractivity contribution < 1.29 is 0 Å². The Morgan fingerprint density at radius 3 is 2.82 bits per heavy atom. The molecule has 2 N–H and O–H groups in total. The minimum absolute atomic E-state index is 0.0175. The van der Waals surface area contributed by atoms with E-state index in [4.69, 9.17) is 5.73 Å². The predicted octanol–water partition coefficient (Wildman–Crippen LogP) is 2.22. The van der Waals surface area contributed by atoms with Crippen LogP contribution in [0, 0.1) is 13.8 Å². The molecular weight excluding hydrogens is 232 g/mol. The highest BCUT2D eigenvalue weighted by Gasteiger charge is 2.15. The van der Waals surface area contributed by atoms with Gasteiger partial charge in [0.25, 0.3) is 0 Å². The van der Waals surface area contributed by atoms with Crippen molar-refractivity contribution in [2.75, 3.05) is 0 Å². The summed E-state index contributed by atoms with van der Waals surface area (Å²) in [6, 6.07) is 2.13. The fourth-order valence-corrected chi connectivity index (χ4v) is 2.83. The Hall–Kier alpha value is -1.20. The monoisotopic (exact) mass is 250 g/mol. The average molecular weight is 250 g/mol. The molecule has 0 radical (unpaired) electrons. The minimum atomic E-state index is 0.0175. The number of hydrogen-bond donors (Lipinski definition) is 1. The van der Waals surface area contributed by atoms with Gasteiger partial charge in [0.1, 0.15) is 0 Å². The average Bonchev–Trinajstić information content (AvgIpc) is 2.84. The number of rotatable bonds is 4. The quantitative estimate of drug-likeness (QED) is 0.905. The summed E-state index contributed by atoms with van der Waals surface area (Å²) < 4.78 is 2.02. The Labute approximate surface area is 105 Å². The van der Waals surface area contributed by atoms with Crippen molar-refractivity contribution >= 4 is 11.3 Å². The highest BCUT2D eigenvalue weighted by Crippen LogP contribution is 2.23. The first-order valence-corrected chi connectivity index (χ1v) is 6.68. The number of nitrogens with two attached hydrogens (primary N) is 1. The zero-order chi connectivity index (χ0) is 12.4. The zero-order valence-corrected chi connectivity index (χ0v) is 11.3. The number of thiazole rings is 1. The van der Waals surface area contributed by atoms with Crippen LogP contribution in [-0.4, -0.2) is 14.8 Å². The second kappa shape index (κ2) is 4.98. The lowest BCUT2D eigenvalue weighted by Crippen LogP contribution is -2.16. The second-order valence-electron chi connectivity index (χ2n) is 4.21. The van der Waals surface area contributed by atoms with Crippen molar-refractivity contribution in [2.45, 2.75) is 39.8 Å². The van der Waals surface area contributed by atoms with E-state index in [2.05, 4.69) is 23.1 Å². The van der Waals surface area contributed by atoms with Crippen LogP contribution in [0.3, 0.4) is 0 Å². The maximum atomic E-state index is 6.23. The fourth-order valence-electron chi connectivity index (χ4n) is 2.02.